The highest BCUT2D eigenvalue weighted by Crippen LogP contribution is 2.26. The molecule has 0 bridgehead atoms. The lowest BCUT2D eigenvalue weighted by atomic mass is 10.0. The molecule has 0 aromatic heterocycles. The number of esters is 1. The van der Waals surface area contributed by atoms with Gasteiger partial charge in [-0.25, -0.2) is 0 Å². The first kappa shape index (κ1) is 13.3. The Morgan fingerprint density at radius 2 is 1.68 bits per heavy atom. The van der Waals surface area contributed by atoms with E-state index in [1.807, 2.05) is 6.07 Å². The molecule has 0 saturated carbocycles. The molecule has 96 valence electrons. The highest BCUT2D eigenvalue weighted by atomic mass is 35.5. The molecule has 2 aromatic rings. The summed E-state index contributed by atoms with van der Waals surface area (Å²) in [6, 6.07) is 13.5. The number of ether oxygens (including phenoxy) is 1. The maximum atomic E-state index is 12.2. The fourth-order valence-corrected chi connectivity index (χ4v) is 1.86. The van der Waals surface area contributed by atoms with Crippen molar-refractivity contribution in [3.63, 3.8) is 0 Å². The molecule has 0 amide bonds. The van der Waals surface area contributed by atoms with Gasteiger partial charge in [0.2, 0.25) is 0 Å². The Labute approximate surface area is 115 Å². The highest BCUT2D eigenvalue weighted by molar-refractivity contribution is 6.32. The fourth-order valence-electron chi connectivity index (χ4n) is 1.64. The lowest BCUT2D eigenvalue weighted by Crippen LogP contribution is -2.04. The molecule has 0 unspecified atom stereocenters. The standard InChI is InChI=1S/C15H11ClO3/c1-10(17)19-14-8-7-12(9-13(14)16)15(18)11-5-3-2-4-6-11/h2-9H,1H3. The normalized spacial score (nSPS) is 10.0. The van der Waals surface area contributed by atoms with E-state index in [1.165, 1.54) is 19.1 Å². The molecule has 19 heavy (non-hydrogen) atoms. The fraction of sp³-hybridized carbons (Fsp3) is 0.0667. The SMILES string of the molecule is CC(=O)Oc1ccc(C(=O)c2ccccc2)cc1Cl. The Hall–Kier alpha value is -2.13. The van der Waals surface area contributed by atoms with Crippen LogP contribution in [0.4, 0.5) is 0 Å². The third-order valence-corrected chi connectivity index (χ3v) is 2.78. The Balaban J connectivity index is 2.30. The Morgan fingerprint density at radius 3 is 2.26 bits per heavy atom. The summed E-state index contributed by atoms with van der Waals surface area (Å²) in [5.74, 6) is -0.334. The molecule has 0 aliphatic carbocycles. The zero-order valence-corrected chi connectivity index (χ0v) is 11.0. The second-order valence-electron chi connectivity index (χ2n) is 3.93. The van der Waals surface area contributed by atoms with Gasteiger partial charge in [-0.3, -0.25) is 9.59 Å². The van der Waals surface area contributed by atoms with E-state index in [0.29, 0.717) is 11.1 Å². The third kappa shape index (κ3) is 3.20. The predicted molar refractivity (Wildman–Crippen MR) is 72.6 cm³/mol. The smallest absolute Gasteiger partial charge is 0.308 e. The maximum Gasteiger partial charge on any atom is 0.308 e. The van der Waals surface area contributed by atoms with Crippen LogP contribution < -0.4 is 4.74 Å². The maximum absolute atomic E-state index is 12.2. The number of hydrogen-bond donors (Lipinski definition) is 0. The Kier molecular flexibility index (Phi) is 3.97. The van der Waals surface area contributed by atoms with Crippen molar-refractivity contribution >= 4 is 23.4 Å². The van der Waals surface area contributed by atoms with Gasteiger partial charge in [-0.2, -0.15) is 0 Å². The van der Waals surface area contributed by atoms with Gasteiger partial charge in [0.05, 0.1) is 5.02 Å². The molecule has 0 heterocycles. The first-order chi connectivity index (χ1) is 9.08. The van der Waals surface area contributed by atoms with Crippen LogP contribution in [0, 0.1) is 0 Å². The van der Waals surface area contributed by atoms with Crippen LogP contribution in [0.3, 0.4) is 0 Å². The van der Waals surface area contributed by atoms with E-state index in [9.17, 15) is 9.59 Å². The van der Waals surface area contributed by atoms with Crippen molar-refractivity contribution in [1.29, 1.82) is 0 Å². The van der Waals surface area contributed by atoms with Gasteiger partial charge in [0, 0.05) is 18.1 Å². The number of benzene rings is 2. The molecule has 0 aliphatic heterocycles. The largest absolute Gasteiger partial charge is 0.425 e. The summed E-state index contributed by atoms with van der Waals surface area (Å²) in [5, 5.41) is 0.233. The summed E-state index contributed by atoms with van der Waals surface area (Å²) in [4.78, 5) is 23.0. The quantitative estimate of drug-likeness (QED) is 0.489. The van der Waals surface area contributed by atoms with Gasteiger partial charge in [0.1, 0.15) is 5.75 Å². The molecular weight excluding hydrogens is 264 g/mol. The van der Waals surface area contributed by atoms with Crippen LogP contribution in [0.2, 0.25) is 5.02 Å². The first-order valence-corrected chi connectivity index (χ1v) is 6.03. The summed E-state index contributed by atoms with van der Waals surface area (Å²) in [6.07, 6.45) is 0. The number of ketones is 1. The van der Waals surface area contributed by atoms with Crippen LogP contribution in [0.1, 0.15) is 22.8 Å². The van der Waals surface area contributed by atoms with Gasteiger partial charge in [-0.05, 0) is 18.2 Å². The van der Waals surface area contributed by atoms with Crippen LogP contribution in [-0.2, 0) is 4.79 Å². The molecule has 0 N–H and O–H groups in total. The molecule has 4 heteroatoms. The highest BCUT2D eigenvalue weighted by Gasteiger charge is 2.12. The zero-order chi connectivity index (χ0) is 13.8. The van der Waals surface area contributed by atoms with Gasteiger partial charge < -0.3 is 4.74 Å². The topological polar surface area (TPSA) is 43.4 Å². The monoisotopic (exact) mass is 274 g/mol. The van der Waals surface area contributed by atoms with Crippen molar-refractivity contribution in [2.75, 3.05) is 0 Å². The molecule has 0 radical (unpaired) electrons. The van der Waals surface area contributed by atoms with Crippen LogP contribution in [-0.4, -0.2) is 11.8 Å². The average Bonchev–Trinajstić information content (AvgIpc) is 2.41. The summed E-state index contributed by atoms with van der Waals surface area (Å²) in [6.45, 7) is 1.29. The summed E-state index contributed by atoms with van der Waals surface area (Å²) in [7, 11) is 0. The van der Waals surface area contributed by atoms with Gasteiger partial charge in [-0.1, -0.05) is 41.9 Å². The Morgan fingerprint density at radius 1 is 1.00 bits per heavy atom. The molecular formula is C15H11ClO3. The van der Waals surface area contributed by atoms with Crippen LogP contribution >= 0.6 is 11.6 Å². The van der Waals surface area contributed by atoms with E-state index in [-0.39, 0.29) is 16.6 Å². The first-order valence-electron chi connectivity index (χ1n) is 5.65. The van der Waals surface area contributed by atoms with Crippen molar-refractivity contribution < 1.29 is 14.3 Å². The molecule has 0 spiro atoms. The number of carbonyl (C=O) groups is 2. The molecule has 0 saturated heterocycles. The van der Waals surface area contributed by atoms with E-state index in [2.05, 4.69) is 0 Å². The lowest BCUT2D eigenvalue weighted by molar-refractivity contribution is -0.131. The van der Waals surface area contributed by atoms with Crippen molar-refractivity contribution in [2.45, 2.75) is 6.92 Å². The molecule has 2 rings (SSSR count). The van der Waals surface area contributed by atoms with Gasteiger partial charge in [0.15, 0.2) is 5.78 Å². The molecule has 0 atom stereocenters. The van der Waals surface area contributed by atoms with E-state index in [0.717, 1.165) is 0 Å². The molecule has 2 aromatic carbocycles. The zero-order valence-electron chi connectivity index (χ0n) is 10.2. The van der Waals surface area contributed by atoms with Crippen molar-refractivity contribution in [2.24, 2.45) is 0 Å². The lowest BCUT2D eigenvalue weighted by Gasteiger charge is -2.06. The molecule has 3 nitrogen and oxygen atoms in total. The molecule has 0 fully saturated rings. The minimum absolute atomic E-state index is 0.128. The van der Waals surface area contributed by atoms with Crippen LogP contribution in [0.5, 0.6) is 5.75 Å². The number of hydrogen-bond acceptors (Lipinski definition) is 3. The van der Waals surface area contributed by atoms with E-state index in [4.69, 9.17) is 16.3 Å². The molecule has 0 aliphatic rings. The van der Waals surface area contributed by atoms with E-state index < -0.39 is 5.97 Å². The number of halogens is 1. The summed E-state index contributed by atoms with van der Waals surface area (Å²) >= 11 is 5.98. The van der Waals surface area contributed by atoms with Gasteiger partial charge in [-0.15, -0.1) is 0 Å². The van der Waals surface area contributed by atoms with Crippen LogP contribution in [0.25, 0.3) is 0 Å². The van der Waals surface area contributed by atoms with Gasteiger partial charge >= 0.3 is 5.97 Å². The minimum atomic E-state index is -0.455. The Bertz CT molecular complexity index is 621. The van der Waals surface area contributed by atoms with Crippen molar-refractivity contribution in [1.82, 2.24) is 0 Å². The average molecular weight is 275 g/mol. The van der Waals surface area contributed by atoms with Gasteiger partial charge in [0.25, 0.3) is 0 Å². The van der Waals surface area contributed by atoms with Crippen LogP contribution in [0.15, 0.2) is 48.5 Å². The second-order valence-corrected chi connectivity index (χ2v) is 4.34. The minimum Gasteiger partial charge on any atom is -0.425 e. The third-order valence-electron chi connectivity index (χ3n) is 2.48. The van der Waals surface area contributed by atoms with E-state index in [1.54, 1.807) is 30.3 Å². The number of carbonyl (C=O) groups excluding carboxylic acids is 2. The second kappa shape index (κ2) is 5.67. The summed E-state index contributed by atoms with van der Waals surface area (Å²) in [5.41, 5.74) is 1.03. The van der Waals surface area contributed by atoms with Crippen molar-refractivity contribution in [3.8, 4) is 5.75 Å². The van der Waals surface area contributed by atoms with Crippen molar-refractivity contribution in [3.05, 3.63) is 64.7 Å². The number of rotatable bonds is 3. The predicted octanol–water partition coefficient (Wildman–Crippen LogP) is 3.50. The van der Waals surface area contributed by atoms with E-state index >= 15 is 0 Å². The summed E-state index contributed by atoms with van der Waals surface area (Å²) < 4.78 is 4.90.